The Kier molecular flexibility index (Phi) is 4.37. The van der Waals surface area contributed by atoms with Gasteiger partial charge in [-0.05, 0) is 43.4 Å². The number of rotatable bonds is 4. The van der Waals surface area contributed by atoms with E-state index in [1.807, 2.05) is 0 Å². The highest BCUT2D eigenvalue weighted by molar-refractivity contribution is 5.65. The minimum Gasteiger partial charge on any atom is -0.465 e. The van der Waals surface area contributed by atoms with Gasteiger partial charge in [0, 0.05) is 12.6 Å². The summed E-state index contributed by atoms with van der Waals surface area (Å²) in [5.41, 5.74) is 6.75. The Morgan fingerprint density at radius 2 is 2.26 bits per heavy atom. The van der Waals surface area contributed by atoms with E-state index < -0.39 is 6.09 Å². The molecule has 1 fully saturated rings. The van der Waals surface area contributed by atoms with Gasteiger partial charge in [-0.25, -0.2) is 9.18 Å². The average Bonchev–Trinajstić information content (AvgIpc) is 2.76. The van der Waals surface area contributed by atoms with E-state index in [2.05, 4.69) is 0 Å². The topological polar surface area (TPSA) is 66.6 Å². The Morgan fingerprint density at radius 1 is 1.47 bits per heavy atom. The Bertz CT molecular complexity index is 453. The van der Waals surface area contributed by atoms with E-state index in [0.29, 0.717) is 13.0 Å². The van der Waals surface area contributed by atoms with E-state index in [9.17, 15) is 14.3 Å². The van der Waals surface area contributed by atoms with Crippen molar-refractivity contribution in [2.75, 3.05) is 6.54 Å². The molecule has 0 spiro atoms. The number of halogens is 1. The lowest BCUT2D eigenvalue weighted by Gasteiger charge is -2.29. The van der Waals surface area contributed by atoms with Crippen molar-refractivity contribution < 1.29 is 14.3 Å². The zero-order chi connectivity index (χ0) is 13.8. The summed E-state index contributed by atoms with van der Waals surface area (Å²) >= 11 is 0. The Hall–Kier alpha value is -1.62. The fourth-order valence-electron chi connectivity index (χ4n) is 2.70. The molecule has 104 valence electrons. The van der Waals surface area contributed by atoms with Gasteiger partial charge in [0.15, 0.2) is 0 Å². The summed E-state index contributed by atoms with van der Waals surface area (Å²) in [6.07, 6.45) is 2.22. The maximum absolute atomic E-state index is 13.1. The van der Waals surface area contributed by atoms with Gasteiger partial charge in [-0.3, -0.25) is 0 Å². The molecule has 0 saturated heterocycles. The van der Waals surface area contributed by atoms with Crippen LogP contribution in [0.1, 0.15) is 24.8 Å². The quantitative estimate of drug-likeness (QED) is 0.878. The number of hydrogen-bond donors (Lipinski definition) is 2. The molecule has 19 heavy (non-hydrogen) atoms. The molecule has 1 aromatic carbocycles. The molecule has 1 amide bonds. The van der Waals surface area contributed by atoms with E-state index in [0.717, 1.165) is 24.8 Å². The smallest absolute Gasteiger partial charge is 0.407 e. The van der Waals surface area contributed by atoms with Crippen molar-refractivity contribution in [3.63, 3.8) is 0 Å². The monoisotopic (exact) mass is 266 g/mol. The first-order chi connectivity index (χ1) is 9.08. The summed E-state index contributed by atoms with van der Waals surface area (Å²) in [4.78, 5) is 12.7. The molecule has 1 aliphatic rings. The molecule has 1 aromatic rings. The van der Waals surface area contributed by atoms with Gasteiger partial charge >= 0.3 is 6.09 Å². The van der Waals surface area contributed by atoms with Crippen LogP contribution in [0.3, 0.4) is 0 Å². The number of benzene rings is 1. The second-order valence-corrected chi connectivity index (χ2v) is 5.02. The molecule has 5 heteroatoms. The van der Waals surface area contributed by atoms with Crippen LogP contribution in [0.5, 0.6) is 0 Å². The SMILES string of the molecule is NC1CCCC1N(CCc1cccc(F)c1)C(=O)O. The molecule has 0 bridgehead atoms. The number of amides is 1. The van der Waals surface area contributed by atoms with Crippen molar-refractivity contribution in [1.82, 2.24) is 4.90 Å². The Labute approximate surface area is 112 Å². The van der Waals surface area contributed by atoms with Crippen LogP contribution >= 0.6 is 0 Å². The van der Waals surface area contributed by atoms with Crippen molar-refractivity contribution >= 4 is 6.09 Å². The van der Waals surface area contributed by atoms with Crippen molar-refractivity contribution in [1.29, 1.82) is 0 Å². The second-order valence-electron chi connectivity index (χ2n) is 5.02. The number of hydrogen-bond acceptors (Lipinski definition) is 2. The lowest BCUT2D eigenvalue weighted by molar-refractivity contribution is 0.121. The molecule has 2 atom stereocenters. The molecule has 0 radical (unpaired) electrons. The minimum absolute atomic E-state index is 0.0800. The van der Waals surface area contributed by atoms with Crippen LogP contribution in [0.15, 0.2) is 24.3 Å². The van der Waals surface area contributed by atoms with Crippen molar-refractivity contribution in [2.45, 2.75) is 37.8 Å². The van der Waals surface area contributed by atoms with Crippen LogP contribution in [0, 0.1) is 5.82 Å². The van der Waals surface area contributed by atoms with Crippen molar-refractivity contribution in [3.8, 4) is 0 Å². The first-order valence-corrected chi connectivity index (χ1v) is 6.57. The third kappa shape index (κ3) is 3.44. The first kappa shape index (κ1) is 13.8. The normalized spacial score (nSPS) is 22.4. The van der Waals surface area contributed by atoms with Crippen LogP contribution in [-0.2, 0) is 6.42 Å². The fraction of sp³-hybridized carbons (Fsp3) is 0.500. The molecule has 2 unspecified atom stereocenters. The number of nitrogens with zero attached hydrogens (tertiary/aromatic N) is 1. The first-order valence-electron chi connectivity index (χ1n) is 6.57. The molecule has 0 heterocycles. The standard InChI is InChI=1S/C14H19FN2O2/c15-11-4-1-3-10(9-11)7-8-17(14(18)19)13-6-2-5-12(13)16/h1,3-4,9,12-13H,2,5-8,16H2,(H,18,19). The molecule has 3 N–H and O–H groups in total. The highest BCUT2D eigenvalue weighted by Gasteiger charge is 2.32. The van der Waals surface area contributed by atoms with E-state index in [1.54, 1.807) is 12.1 Å². The second kappa shape index (κ2) is 6.02. The Balaban J connectivity index is 1.99. The molecule has 1 aliphatic carbocycles. The number of nitrogens with two attached hydrogens (primary N) is 1. The van der Waals surface area contributed by atoms with Crippen LogP contribution in [-0.4, -0.2) is 34.7 Å². The molecule has 0 aromatic heterocycles. The fourth-order valence-corrected chi connectivity index (χ4v) is 2.70. The third-order valence-corrected chi connectivity index (χ3v) is 3.71. The van der Waals surface area contributed by atoms with Gasteiger partial charge in [0.25, 0.3) is 0 Å². The van der Waals surface area contributed by atoms with Gasteiger partial charge in [-0.1, -0.05) is 12.1 Å². The minimum atomic E-state index is -0.946. The maximum atomic E-state index is 13.1. The number of carboxylic acid groups (broad SMARTS) is 1. The van der Waals surface area contributed by atoms with Gasteiger partial charge < -0.3 is 15.7 Å². The van der Waals surface area contributed by atoms with Crippen LogP contribution in [0.25, 0.3) is 0 Å². The van der Waals surface area contributed by atoms with E-state index >= 15 is 0 Å². The van der Waals surface area contributed by atoms with Crippen molar-refractivity contribution in [2.24, 2.45) is 5.73 Å². The summed E-state index contributed by atoms with van der Waals surface area (Å²) in [5.74, 6) is -0.294. The van der Waals surface area contributed by atoms with Gasteiger partial charge in [0.05, 0.1) is 6.04 Å². The summed E-state index contributed by atoms with van der Waals surface area (Å²) in [6.45, 7) is 0.358. The maximum Gasteiger partial charge on any atom is 0.407 e. The Morgan fingerprint density at radius 3 is 2.84 bits per heavy atom. The molecule has 4 nitrogen and oxygen atoms in total. The van der Waals surface area contributed by atoms with Crippen molar-refractivity contribution in [3.05, 3.63) is 35.6 Å². The third-order valence-electron chi connectivity index (χ3n) is 3.71. The van der Waals surface area contributed by atoms with Crippen LogP contribution in [0.4, 0.5) is 9.18 Å². The lowest BCUT2D eigenvalue weighted by Crippen LogP contribution is -2.47. The molecule has 0 aliphatic heterocycles. The predicted octanol–water partition coefficient (Wildman–Crippen LogP) is 2.23. The molecular weight excluding hydrogens is 247 g/mol. The average molecular weight is 266 g/mol. The zero-order valence-electron chi connectivity index (χ0n) is 10.8. The summed E-state index contributed by atoms with van der Waals surface area (Å²) in [6, 6.07) is 6.07. The van der Waals surface area contributed by atoms with Gasteiger partial charge in [0.2, 0.25) is 0 Å². The molecular formula is C14H19FN2O2. The van der Waals surface area contributed by atoms with Gasteiger partial charge in [0.1, 0.15) is 5.82 Å². The van der Waals surface area contributed by atoms with E-state index in [4.69, 9.17) is 5.73 Å². The molecule has 1 saturated carbocycles. The predicted molar refractivity (Wildman–Crippen MR) is 70.4 cm³/mol. The zero-order valence-corrected chi connectivity index (χ0v) is 10.8. The van der Waals surface area contributed by atoms with Gasteiger partial charge in [-0.2, -0.15) is 0 Å². The van der Waals surface area contributed by atoms with Crippen LogP contribution < -0.4 is 5.73 Å². The summed E-state index contributed by atoms with van der Waals surface area (Å²) in [5, 5.41) is 9.28. The highest BCUT2D eigenvalue weighted by Crippen LogP contribution is 2.23. The number of carbonyl (C=O) groups is 1. The summed E-state index contributed by atoms with van der Waals surface area (Å²) < 4.78 is 13.1. The lowest BCUT2D eigenvalue weighted by atomic mass is 10.1. The van der Waals surface area contributed by atoms with Crippen LogP contribution in [0.2, 0.25) is 0 Å². The largest absolute Gasteiger partial charge is 0.465 e. The summed E-state index contributed by atoms with van der Waals surface area (Å²) in [7, 11) is 0. The van der Waals surface area contributed by atoms with E-state index in [-0.39, 0.29) is 17.9 Å². The highest BCUT2D eigenvalue weighted by atomic mass is 19.1. The van der Waals surface area contributed by atoms with E-state index in [1.165, 1.54) is 17.0 Å². The molecule has 2 rings (SSSR count). The van der Waals surface area contributed by atoms with Gasteiger partial charge in [-0.15, -0.1) is 0 Å².